The zero-order valence-electron chi connectivity index (χ0n) is 10.4. The minimum Gasteiger partial charge on any atom is -0.356 e. The minimum atomic E-state index is -0.552. The molecule has 0 spiro atoms. The second-order valence-electron chi connectivity index (χ2n) is 4.12. The third-order valence-electron chi connectivity index (χ3n) is 2.56. The van der Waals surface area contributed by atoms with E-state index in [0.29, 0.717) is 6.54 Å². The van der Waals surface area contributed by atoms with Gasteiger partial charge in [0.05, 0.1) is 0 Å². The summed E-state index contributed by atoms with van der Waals surface area (Å²) in [6.07, 6.45) is 0.839. The molecule has 0 fully saturated rings. The highest BCUT2D eigenvalue weighted by Gasteiger charge is 2.05. The van der Waals surface area contributed by atoms with Gasteiger partial charge in [0.15, 0.2) is 0 Å². The van der Waals surface area contributed by atoms with Crippen LogP contribution in [0.2, 0.25) is 0 Å². The van der Waals surface area contributed by atoms with Gasteiger partial charge in [-0.05, 0) is 18.9 Å². The normalized spacial score (nSPS) is 9.89. The summed E-state index contributed by atoms with van der Waals surface area (Å²) in [7, 11) is 0. The van der Waals surface area contributed by atoms with E-state index in [-0.39, 0.29) is 18.7 Å². The second kappa shape index (κ2) is 7.45. The molecule has 3 N–H and O–H groups in total. The van der Waals surface area contributed by atoms with Crippen molar-refractivity contribution in [3.8, 4) is 0 Å². The number of hydrogen-bond donors (Lipinski definition) is 3. The molecule has 5 nitrogen and oxygen atoms in total. The summed E-state index contributed by atoms with van der Waals surface area (Å²) < 4.78 is 0. The van der Waals surface area contributed by atoms with Gasteiger partial charge in [0.1, 0.15) is 0 Å². The highest BCUT2D eigenvalue weighted by molar-refractivity contribution is 5.83. The van der Waals surface area contributed by atoms with Gasteiger partial charge in [-0.2, -0.15) is 0 Å². The maximum atomic E-state index is 11.3. The van der Waals surface area contributed by atoms with Crippen LogP contribution in [0.15, 0.2) is 24.3 Å². The van der Waals surface area contributed by atoms with Crippen LogP contribution in [0.5, 0.6) is 0 Å². The van der Waals surface area contributed by atoms with Gasteiger partial charge in [-0.3, -0.25) is 14.8 Å². The molecule has 0 aliphatic heterocycles. The Bertz CT molecular complexity index is 401. The summed E-state index contributed by atoms with van der Waals surface area (Å²) in [4.78, 5) is 22.0. The van der Waals surface area contributed by atoms with E-state index in [0.717, 1.165) is 12.0 Å². The lowest BCUT2D eigenvalue weighted by atomic mass is 10.1. The Labute approximate surface area is 106 Å². The highest BCUT2D eigenvalue weighted by Crippen LogP contribution is 2.03. The summed E-state index contributed by atoms with van der Waals surface area (Å²) in [6.45, 7) is 2.57. The van der Waals surface area contributed by atoms with Crippen LogP contribution >= 0.6 is 0 Å². The molecule has 0 aliphatic carbocycles. The topological polar surface area (TPSA) is 78.4 Å². The molecule has 98 valence electrons. The monoisotopic (exact) mass is 250 g/mol. The van der Waals surface area contributed by atoms with Crippen molar-refractivity contribution < 1.29 is 14.8 Å². The van der Waals surface area contributed by atoms with Crippen LogP contribution in [0.25, 0.3) is 0 Å². The van der Waals surface area contributed by atoms with E-state index in [1.807, 2.05) is 31.2 Å². The number of benzene rings is 1. The van der Waals surface area contributed by atoms with Gasteiger partial charge in [0.2, 0.25) is 11.8 Å². The Kier molecular flexibility index (Phi) is 5.87. The molecular weight excluding hydrogens is 232 g/mol. The van der Waals surface area contributed by atoms with Crippen LogP contribution in [-0.4, -0.2) is 23.6 Å². The van der Waals surface area contributed by atoms with Gasteiger partial charge < -0.3 is 5.32 Å². The van der Waals surface area contributed by atoms with Crippen LogP contribution in [0, 0.1) is 6.92 Å². The maximum Gasteiger partial charge on any atom is 0.243 e. The van der Waals surface area contributed by atoms with E-state index in [2.05, 4.69) is 5.32 Å². The van der Waals surface area contributed by atoms with E-state index in [1.54, 1.807) is 0 Å². The fraction of sp³-hybridized carbons (Fsp3) is 0.385. The van der Waals surface area contributed by atoms with Crippen molar-refractivity contribution in [3.63, 3.8) is 0 Å². The van der Waals surface area contributed by atoms with E-state index >= 15 is 0 Å². The third kappa shape index (κ3) is 5.45. The van der Waals surface area contributed by atoms with Gasteiger partial charge in [-0.15, -0.1) is 0 Å². The van der Waals surface area contributed by atoms with Crippen molar-refractivity contribution in [1.82, 2.24) is 10.8 Å². The summed E-state index contributed by atoms with van der Waals surface area (Å²) >= 11 is 0. The number of hydroxylamine groups is 1. The standard InChI is InChI=1S/C13H18N2O3/c1-10-2-4-11(5-3-10)8-9-14-12(16)6-7-13(17)15-18/h2-5,18H,6-9H2,1H3,(H,14,16)(H,15,17). The first-order valence-corrected chi connectivity index (χ1v) is 5.87. The fourth-order valence-corrected chi connectivity index (χ4v) is 1.47. The molecule has 5 heteroatoms. The van der Waals surface area contributed by atoms with Crippen LogP contribution in [0.4, 0.5) is 0 Å². The van der Waals surface area contributed by atoms with Crippen molar-refractivity contribution >= 4 is 11.8 Å². The van der Waals surface area contributed by atoms with Gasteiger partial charge in [0, 0.05) is 19.4 Å². The van der Waals surface area contributed by atoms with Crippen LogP contribution in [0.1, 0.15) is 24.0 Å². The minimum absolute atomic E-state index is 0.00708. The van der Waals surface area contributed by atoms with Crippen molar-refractivity contribution in [2.45, 2.75) is 26.2 Å². The molecule has 0 atom stereocenters. The summed E-state index contributed by atoms with van der Waals surface area (Å²) in [5.41, 5.74) is 3.86. The van der Waals surface area contributed by atoms with E-state index in [4.69, 9.17) is 5.21 Å². The quantitative estimate of drug-likeness (QED) is 0.519. The first-order chi connectivity index (χ1) is 8.61. The highest BCUT2D eigenvalue weighted by atomic mass is 16.5. The zero-order chi connectivity index (χ0) is 13.4. The predicted octanol–water partition coefficient (Wildman–Crippen LogP) is 0.939. The molecule has 0 bridgehead atoms. The fourth-order valence-electron chi connectivity index (χ4n) is 1.47. The zero-order valence-corrected chi connectivity index (χ0v) is 10.4. The molecule has 0 saturated heterocycles. The van der Waals surface area contributed by atoms with Gasteiger partial charge in [-0.1, -0.05) is 29.8 Å². The molecule has 0 aliphatic rings. The van der Waals surface area contributed by atoms with Crippen LogP contribution in [0.3, 0.4) is 0 Å². The van der Waals surface area contributed by atoms with Gasteiger partial charge in [0.25, 0.3) is 0 Å². The molecule has 0 radical (unpaired) electrons. The maximum absolute atomic E-state index is 11.3. The lowest BCUT2D eigenvalue weighted by Gasteiger charge is -2.05. The number of carbonyl (C=O) groups is 2. The Morgan fingerprint density at radius 2 is 1.72 bits per heavy atom. The number of rotatable bonds is 6. The largest absolute Gasteiger partial charge is 0.356 e. The summed E-state index contributed by atoms with van der Waals surface area (Å²) in [5, 5.41) is 11.0. The molecule has 0 unspecified atom stereocenters. The molecule has 1 aromatic carbocycles. The van der Waals surface area contributed by atoms with Crippen molar-refractivity contribution in [2.75, 3.05) is 6.54 Å². The van der Waals surface area contributed by atoms with Gasteiger partial charge in [-0.25, -0.2) is 5.48 Å². The average molecular weight is 250 g/mol. The SMILES string of the molecule is Cc1ccc(CCNC(=O)CCC(=O)NO)cc1. The Balaban J connectivity index is 2.19. The average Bonchev–Trinajstić information content (AvgIpc) is 2.38. The Morgan fingerprint density at radius 1 is 1.11 bits per heavy atom. The molecule has 1 aromatic rings. The number of aryl methyl sites for hydroxylation is 1. The number of amides is 2. The Hall–Kier alpha value is -1.88. The predicted molar refractivity (Wildman–Crippen MR) is 67.1 cm³/mol. The summed E-state index contributed by atoms with van der Waals surface area (Å²) in [5.74, 6) is -0.741. The molecule has 0 saturated carbocycles. The van der Waals surface area contributed by atoms with E-state index < -0.39 is 5.91 Å². The molecular formula is C13H18N2O3. The first kappa shape index (κ1) is 14.2. The molecule has 0 aromatic heterocycles. The molecule has 2 amide bonds. The first-order valence-electron chi connectivity index (χ1n) is 5.87. The van der Waals surface area contributed by atoms with E-state index in [1.165, 1.54) is 11.0 Å². The lowest BCUT2D eigenvalue weighted by Crippen LogP contribution is -2.27. The van der Waals surface area contributed by atoms with Crippen LogP contribution < -0.4 is 10.8 Å². The second-order valence-corrected chi connectivity index (χ2v) is 4.12. The number of carbonyl (C=O) groups excluding carboxylic acids is 2. The summed E-state index contributed by atoms with van der Waals surface area (Å²) in [6, 6.07) is 8.12. The van der Waals surface area contributed by atoms with Crippen molar-refractivity contribution in [2.24, 2.45) is 0 Å². The molecule has 0 heterocycles. The number of hydrogen-bond acceptors (Lipinski definition) is 3. The van der Waals surface area contributed by atoms with Crippen molar-refractivity contribution in [3.05, 3.63) is 35.4 Å². The number of nitrogens with one attached hydrogen (secondary N) is 2. The third-order valence-corrected chi connectivity index (χ3v) is 2.56. The lowest BCUT2D eigenvalue weighted by molar-refractivity contribution is -0.131. The van der Waals surface area contributed by atoms with Crippen LogP contribution in [-0.2, 0) is 16.0 Å². The Morgan fingerprint density at radius 3 is 2.33 bits per heavy atom. The van der Waals surface area contributed by atoms with Crippen molar-refractivity contribution in [1.29, 1.82) is 0 Å². The molecule has 1 rings (SSSR count). The van der Waals surface area contributed by atoms with E-state index in [9.17, 15) is 9.59 Å². The van der Waals surface area contributed by atoms with Gasteiger partial charge >= 0.3 is 0 Å². The molecule has 18 heavy (non-hydrogen) atoms. The smallest absolute Gasteiger partial charge is 0.243 e.